The van der Waals surface area contributed by atoms with Crippen LogP contribution >= 0.6 is 11.3 Å². The van der Waals surface area contributed by atoms with E-state index in [-0.39, 0.29) is 24.2 Å². The van der Waals surface area contributed by atoms with Crippen molar-refractivity contribution in [3.8, 4) is 0 Å². The summed E-state index contributed by atoms with van der Waals surface area (Å²) in [6.45, 7) is 6.50. The molecule has 5 nitrogen and oxygen atoms in total. The largest absolute Gasteiger partial charge is 0.332 e. The second-order valence-corrected chi connectivity index (χ2v) is 9.25. The summed E-state index contributed by atoms with van der Waals surface area (Å²) in [4.78, 5) is 31.6. The fourth-order valence-electron chi connectivity index (χ4n) is 3.28. The van der Waals surface area contributed by atoms with E-state index in [9.17, 15) is 14.0 Å². The number of nitrogens with one attached hydrogen (secondary N) is 1. The summed E-state index contributed by atoms with van der Waals surface area (Å²) in [6.07, 6.45) is 0. The molecule has 0 aliphatic carbocycles. The summed E-state index contributed by atoms with van der Waals surface area (Å²) in [7, 11) is 0. The molecule has 0 atom stereocenters. The van der Waals surface area contributed by atoms with Crippen molar-refractivity contribution in [2.75, 3.05) is 11.9 Å². The van der Waals surface area contributed by atoms with E-state index >= 15 is 0 Å². The Kier molecular flexibility index (Phi) is 8.00. The molecule has 32 heavy (non-hydrogen) atoms. The van der Waals surface area contributed by atoms with Crippen LogP contribution in [0.4, 0.5) is 14.9 Å². The number of para-hydroxylation sites is 1. The Labute approximate surface area is 192 Å². The standard InChI is InChI=1S/C25H28FN3O2S/c1-18(2)29(25(31)27-23-12-8-7-11-22(23)26)17-24(30)28(15-20-9-5-4-6-10-20)16-21-14-13-19(3)32-21/h4-14,18H,15-17H2,1-3H3,(H,27,31). The van der Waals surface area contributed by atoms with Gasteiger partial charge in [-0.3, -0.25) is 4.79 Å². The number of halogens is 1. The summed E-state index contributed by atoms with van der Waals surface area (Å²) in [5, 5.41) is 2.58. The van der Waals surface area contributed by atoms with E-state index in [1.54, 1.807) is 28.4 Å². The molecule has 0 unspecified atom stereocenters. The van der Waals surface area contributed by atoms with Gasteiger partial charge in [-0.2, -0.15) is 0 Å². The van der Waals surface area contributed by atoms with Gasteiger partial charge in [-0.25, -0.2) is 9.18 Å². The van der Waals surface area contributed by atoms with E-state index in [4.69, 9.17) is 0 Å². The van der Waals surface area contributed by atoms with E-state index < -0.39 is 11.8 Å². The van der Waals surface area contributed by atoms with E-state index in [0.29, 0.717) is 13.1 Å². The molecular weight excluding hydrogens is 425 g/mol. The summed E-state index contributed by atoms with van der Waals surface area (Å²) in [6, 6.07) is 19.1. The molecule has 3 rings (SSSR count). The van der Waals surface area contributed by atoms with Crippen LogP contribution in [-0.2, 0) is 17.9 Å². The third-order valence-electron chi connectivity index (χ3n) is 5.02. The molecule has 0 saturated carbocycles. The number of hydrogen-bond donors (Lipinski definition) is 1. The van der Waals surface area contributed by atoms with Gasteiger partial charge in [-0.15, -0.1) is 11.3 Å². The SMILES string of the molecule is Cc1ccc(CN(Cc2ccccc2)C(=O)CN(C(=O)Nc2ccccc2F)C(C)C)s1. The summed E-state index contributed by atoms with van der Waals surface area (Å²) in [5.41, 5.74) is 1.10. The van der Waals surface area contributed by atoms with Crippen LogP contribution in [-0.4, -0.2) is 34.3 Å². The first kappa shape index (κ1) is 23.5. The topological polar surface area (TPSA) is 52.7 Å². The monoisotopic (exact) mass is 453 g/mol. The lowest BCUT2D eigenvalue weighted by molar-refractivity contribution is -0.133. The van der Waals surface area contributed by atoms with E-state index in [1.807, 2.05) is 63.2 Å². The first-order valence-electron chi connectivity index (χ1n) is 10.5. The second kappa shape index (κ2) is 10.9. The van der Waals surface area contributed by atoms with Gasteiger partial charge in [-0.1, -0.05) is 42.5 Å². The Hall–Kier alpha value is -3.19. The molecule has 0 bridgehead atoms. The number of amides is 3. The number of rotatable bonds is 8. The Morgan fingerprint density at radius 2 is 1.66 bits per heavy atom. The van der Waals surface area contributed by atoms with Crippen LogP contribution in [0.5, 0.6) is 0 Å². The number of hydrogen-bond acceptors (Lipinski definition) is 3. The van der Waals surface area contributed by atoms with Crippen LogP contribution in [0.3, 0.4) is 0 Å². The third-order valence-corrected chi connectivity index (χ3v) is 6.00. The molecular formula is C25H28FN3O2S. The average Bonchev–Trinajstić information content (AvgIpc) is 3.18. The lowest BCUT2D eigenvalue weighted by Gasteiger charge is -2.30. The second-order valence-electron chi connectivity index (χ2n) is 7.88. The van der Waals surface area contributed by atoms with Gasteiger partial charge >= 0.3 is 6.03 Å². The van der Waals surface area contributed by atoms with Gasteiger partial charge in [0.05, 0.1) is 12.2 Å². The van der Waals surface area contributed by atoms with E-state index in [2.05, 4.69) is 5.32 Å². The van der Waals surface area contributed by atoms with Gasteiger partial charge in [0.2, 0.25) is 5.91 Å². The number of carbonyl (C=O) groups excluding carboxylic acids is 2. The van der Waals surface area contributed by atoms with Crippen LogP contribution in [0, 0.1) is 12.7 Å². The number of thiophene rings is 1. The number of nitrogens with zero attached hydrogens (tertiary/aromatic N) is 2. The van der Waals surface area contributed by atoms with Gasteiger partial charge in [-0.05, 0) is 50.6 Å². The first-order chi connectivity index (χ1) is 15.3. The minimum absolute atomic E-state index is 0.0887. The fraction of sp³-hybridized carbons (Fsp3) is 0.280. The molecule has 0 spiro atoms. The summed E-state index contributed by atoms with van der Waals surface area (Å²) < 4.78 is 14.0. The maximum Gasteiger partial charge on any atom is 0.322 e. The normalized spacial score (nSPS) is 10.8. The number of carbonyl (C=O) groups is 2. The fourth-order valence-corrected chi connectivity index (χ4v) is 4.18. The van der Waals surface area contributed by atoms with Crippen molar-refractivity contribution in [3.05, 3.63) is 87.9 Å². The maximum absolute atomic E-state index is 14.0. The quantitative estimate of drug-likeness (QED) is 0.478. The molecule has 3 aromatic rings. The molecule has 0 aliphatic rings. The van der Waals surface area contributed by atoms with E-state index in [0.717, 1.165) is 10.4 Å². The highest BCUT2D eigenvalue weighted by atomic mass is 32.1. The highest BCUT2D eigenvalue weighted by molar-refractivity contribution is 7.11. The van der Waals surface area contributed by atoms with Crippen molar-refractivity contribution < 1.29 is 14.0 Å². The van der Waals surface area contributed by atoms with Crippen LogP contribution in [0.2, 0.25) is 0 Å². The van der Waals surface area contributed by atoms with Gasteiger partial charge in [0.15, 0.2) is 0 Å². The predicted molar refractivity (Wildman–Crippen MR) is 127 cm³/mol. The van der Waals surface area contributed by atoms with Crippen LogP contribution in [0.1, 0.15) is 29.2 Å². The molecule has 0 radical (unpaired) electrons. The molecule has 2 aromatic carbocycles. The van der Waals surface area contributed by atoms with Crippen molar-refractivity contribution in [2.45, 2.75) is 39.9 Å². The van der Waals surface area contributed by atoms with Crippen molar-refractivity contribution in [1.82, 2.24) is 9.80 Å². The zero-order valence-electron chi connectivity index (χ0n) is 18.5. The lowest BCUT2D eigenvalue weighted by atomic mass is 10.2. The minimum Gasteiger partial charge on any atom is -0.332 e. The molecule has 168 valence electrons. The highest BCUT2D eigenvalue weighted by Crippen LogP contribution is 2.20. The molecule has 7 heteroatoms. The van der Waals surface area contributed by atoms with Crippen molar-refractivity contribution >= 4 is 29.0 Å². The van der Waals surface area contributed by atoms with Crippen molar-refractivity contribution in [1.29, 1.82) is 0 Å². The van der Waals surface area contributed by atoms with E-state index in [1.165, 1.54) is 21.9 Å². The Balaban J connectivity index is 1.76. The van der Waals surface area contributed by atoms with Crippen LogP contribution in [0.25, 0.3) is 0 Å². The molecule has 1 aromatic heterocycles. The molecule has 1 N–H and O–H groups in total. The van der Waals surface area contributed by atoms with Gasteiger partial charge in [0.25, 0.3) is 0 Å². The molecule has 0 saturated heterocycles. The van der Waals surface area contributed by atoms with Gasteiger partial charge in [0, 0.05) is 22.3 Å². The maximum atomic E-state index is 14.0. The van der Waals surface area contributed by atoms with Crippen LogP contribution in [0.15, 0.2) is 66.7 Å². The Morgan fingerprint density at radius 3 is 2.28 bits per heavy atom. The summed E-state index contributed by atoms with van der Waals surface area (Å²) in [5.74, 6) is -0.688. The zero-order chi connectivity index (χ0) is 23.1. The number of anilines is 1. The number of aryl methyl sites for hydroxylation is 1. The Bertz CT molecular complexity index is 1050. The minimum atomic E-state index is -0.519. The number of benzene rings is 2. The molecule has 0 aliphatic heterocycles. The average molecular weight is 454 g/mol. The number of urea groups is 1. The van der Waals surface area contributed by atoms with Gasteiger partial charge in [0.1, 0.15) is 12.4 Å². The Morgan fingerprint density at radius 1 is 0.969 bits per heavy atom. The third kappa shape index (κ3) is 6.40. The summed E-state index contributed by atoms with van der Waals surface area (Å²) >= 11 is 1.65. The zero-order valence-corrected chi connectivity index (χ0v) is 19.4. The molecule has 1 heterocycles. The first-order valence-corrected chi connectivity index (χ1v) is 11.3. The lowest BCUT2D eigenvalue weighted by Crippen LogP contribution is -2.47. The van der Waals surface area contributed by atoms with Crippen molar-refractivity contribution in [2.24, 2.45) is 0 Å². The smallest absolute Gasteiger partial charge is 0.322 e. The molecule has 0 fully saturated rings. The molecule has 3 amide bonds. The van der Waals surface area contributed by atoms with Crippen molar-refractivity contribution in [3.63, 3.8) is 0 Å². The van der Waals surface area contributed by atoms with Crippen LogP contribution < -0.4 is 5.32 Å². The highest BCUT2D eigenvalue weighted by Gasteiger charge is 2.24. The van der Waals surface area contributed by atoms with Gasteiger partial charge < -0.3 is 15.1 Å². The predicted octanol–water partition coefficient (Wildman–Crippen LogP) is 5.67.